The van der Waals surface area contributed by atoms with Crippen LogP contribution in [0, 0.1) is 11.3 Å². The summed E-state index contributed by atoms with van der Waals surface area (Å²) in [5, 5.41) is 9.20. The smallest absolute Gasteiger partial charge is 0.349 e. The number of ether oxygens (including phenoxy) is 2. The van der Waals surface area contributed by atoms with Crippen LogP contribution in [-0.4, -0.2) is 63.0 Å². The molecule has 0 radical (unpaired) electrons. The van der Waals surface area contributed by atoms with Crippen molar-refractivity contribution in [3.63, 3.8) is 0 Å². The van der Waals surface area contributed by atoms with E-state index in [-0.39, 0.29) is 17.1 Å². The predicted octanol–water partition coefficient (Wildman–Crippen LogP) is 1.18. The van der Waals surface area contributed by atoms with Gasteiger partial charge < -0.3 is 14.4 Å². The van der Waals surface area contributed by atoms with Crippen molar-refractivity contribution in [2.45, 2.75) is 19.4 Å². The highest BCUT2D eigenvalue weighted by Crippen LogP contribution is 2.18. The van der Waals surface area contributed by atoms with E-state index in [9.17, 15) is 23.3 Å². The Bertz CT molecular complexity index is 899. The molecule has 1 saturated heterocycles. The van der Waals surface area contributed by atoms with E-state index in [4.69, 9.17) is 9.47 Å². The topological polar surface area (TPSA) is 114 Å². The van der Waals surface area contributed by atoms with Gasteiger partial charge in [-0.15, -0.1) is 0 Å². The lowest BCUT2D eigenvalue weighted by Crippen LogP contribution is -2.43. The van der Waals surface area contributed by atoms with E-state index in [1.807, 2.05) is 0 Å². The molecule has 1 heterocycles. The number of methoxy groups -OCH3 is 1. The van der Waals surface area contributed by atoms with Crippen molar-refractivity contribution in [2.24, 2.45) is 0 Å². The highest BCUT2D eigenvalue weighted by atomic mass is 32.2. The van der Waals surface area contributed by atoms with Gasteiger partial charge in [-0.2, -0.15) is 5.26 Å². The van der Waals surface area contributed by atoms with Crippen LogP contribution < -0.4 is 4.74 Å². The first-order chi connectivity index (χ1) is 13.3. The van der Waals surface area contributed by atoms with Crippen LogP contribution in [0.2, 0.25) is 0 Å². The second kappa shape index (κ2) is 9.37. The van der Waals surface area contributed by atoms with E-state index in [1.165, 1.54) is 18.1 Å². The molecule has 150 valence electrons. The summed E-state index contributed by atoms with van der Waals surface area (Å²) in [6.45, 7) is 1.49. The molecule has 0 bridgehead atoms. The van der Waals surface area contributed by atoms with E-state index >= 15 is 0 Å². The quantitative estimate of drug-likeness (QED) is 0.379. The molecule has 1 aliphatic rings. The summed E-state index contributed by atoms with van der Waals surface area (Å²) >= 11 is 0. The fourth-order valence-corrected chi connectivity index (χ4v) is 4.68. The summed E-state index contributed by atoms with van der Waals surface area (Å²) in [6.07, 6.45) is 1.73. The van der Waals surface area contributed by atoms with Crippen molar-refractivity contribution in [3.8, 4) is 11.8 Å². The fourth-order valence-electron chi connectivity index (χ4n) is 2.95. The predicted molar refractivity (Wildman–Crippen MR) is 102 cm³/mol. The molecular formula is C19H22N2O6S. The van der Waals surface area contributed by atoms with Gasteiger partial charge in [0.2, 0.25) is 0 Å². The number of hydrogen-bond acceptors (Lipinski definition) is 7. The van der Waals surface area contributed by atoms with Gasteiger partial charge in [0, 0.05) is 12.6 Å². The van der Waals surface area contributed by atoms with Gasteiger partial charge in [0.05, 0.1) is 18.6 Å². The van der Waals surface area contributed by atoms with Crippen LogP contribution in [0.1, 0.15) is 18.9 Å². The normalized spacial score (nSPS) is 18.2. The van der Waals surface area contributed by atoms with Crippen molar-refractivity contribution >= 4 is 27.8 Å². The first kappa shape index (κ1) is 21.4. The molecule has 0 saturated carbocycles. The van der Waals surface area contributed by atoms with Crippen LogP contribution in [0.5, 0.6) is 5.75 Å². The van der Waals surface area contributed by atoms with Gasteiger partial charge in [-0.1, -0.05) is 12.1 Å². The summed E-state index contributed by atoms with van der Waals surface area (Å²) in [4.78, 5) is 25.9. The first-order valence-corrected chi connectivity index (χ1v) is 10.5. The number of esters is 1. The molecule has 0 aromatic heterocycles. The van der Waals surface area contributed by atoms with Gasteiger partial charge in [-0.3, -0.25) is 4.79 Å². The van der Waals surface area contributed by atoms with Gasteiger partial charge in [-0.25, -0.2) is 13.2 Å². The van der Waals surface area contributed by atoms with Crippen molar-refractivity contribution in [1.29, 1.82) is 5.26 Å². The Labute approximate surface area is 164 Å². The SMILES string of the molecule is CCN(C(=O)COC(=O)/C(C#N)=C\c1ccc(OC)cc1)[C@H]1CCS(=O)(=O)C1. The summed E-state index contributed by atoms with van der Waals surface area (Å²) < 4.78 is 33.3. The van der Waals surface area contributed by atoms with E-state index in [0.717, 1.165) is 0 Å². The monoisotopic (exact) mass is 406 g/mol. The van der Waals surface area contributed by atoms with Crippen LogP contribution in [-0.2, 0) is 24.2 Å². The standard InChI is InChI=1S/C19H22N2O6S/c1-3-21(16-8-9-28(24,25)13-16)18(22)12-27-19(23)15(11-20)10-14-4-6-17(26-2)7-5-14/h4-7,10,16H,3,8-9,12-13H2,1-2H3/b15-10-/t16-/m0/s1. The van der Waals surface area contributed by atoms with Gasteiger partial charge in [-0.05, 0) is 37.1 Å². The third kappa shape index (κ3) is 5.57. The summed E-state index contributed by atoms with van der Waals surface area (Å²) in [7, 11) is -1.61. The third-order valence-corrected chi connectivity index (χ3v) is 6.15. The molecule has 9 heteroatoms. The molecule has 1 amide bonds. The van der Waals surface area contributed by atoms with Crippen molar-refractivity contribution in [1.82, 2.24) is 4.90 Å². The van der Waals surface area contributed by atoms with Crippen molar-refractivity contribution < 1.29 is 27.5 Å². The Morgan fingerprint density at radius 1 is 1.32 bits per heavy atom. The molecule has 0 aliphatic carbocycles. The summed E-state index contributed by atoms with van der Waals surface area (Å²) in [5.74, 6) is -0.801. The van der Waals surface area contributed by atoms with Crippen molar-refractivity contribution in [3.05, 3.63) is 35.4 Å². The number of nitriles is 1. The molecule has 1 atom stereocenters. The highest BCUT2D eigenvalue weighted by Gasteiger charge is 2.34. The zero-order valence-corrected chi connectivity index (χ0v) is 16.6. The maximum absolute atomic E-state index is 12.4. The molecule has 8 nitrogen and oxygen atoms in total. The van der Waals surface area contributed by atoms with E-state index < -0.39 is 34.4 Å². The number of amides is 1. The molecule has 1 aromatic rings. The van der Waals surface area contributed by atoms with Gasteiger partial charge in [0.15, 0.2) is 16.4 Å². The first-order valence-electron chi connectivity index (χ1n) is 8.72. The second-order valence-electron chi connectivity index (χ2n) is 6.26. The molecule has 1 fully saturated rings. The zero-order chi connectivity index (χ0) is 20.7. The van der Waals surface area contributed by atoms with E-state index in [1.54, 1.807) is 37.3 Å². The molecule has 0 N–H and O–H groups in total. The van der Waals surface area contributed by atoms with Crippen LogP contribution in [0.25, 0.3) is 6.08 Å². The molecule has 2 rings (SSSR count). The average Bonchev–Trinajstić information content (AvgIpc) is 3.04. The number of rotatable bonds is 7. The summed E-state index contributed by atoms with van der Waals surface area (Å²) in [5.41, 5.74) is 0.358. The van der Waals surface area contributed by atoms with Crippen LogP contribution in [0.3, 0.4) is 0 Å². The molecule has 0 unspecified atom stereocenters. The largest absolute Gasteiger partial charge is 0.497 e. The summed E-state index contributed by atoms with van der Waals surface area (Å²) in [6, 6.07) is 8.07. The highest BCUT2D eigenvalue weighted by molar-refractivity contribution is 7.91. The average molecular weight is 406 g/mol. The minimum atomic E-state index is -3.14. The number of likely N-dealkylation sites (N-methyl/N-ethyl adjacent to an activating group) is 1. The number of hydrogen-bond donors (Lipinski definition) is 0. The van der Waals surface area contributed by atoms with E-state index in [0.29, 0.717) is 24.3 Å². The lowest BCUT2D eigenvalue weighted by molar-refractivity contribution is -0.149. The minimum Gasteiger partial charge on any atom is -0.497 e. The number of sulfone groups is 1. The molecule has 28 heavy (non-hydrogen) atoms. The molecule has 0 spiro atoms. The van der Waals surface area contributed by atoms with Gasteiger partial charge in [0.25, 0.3) is 5.91 Å². The molecule has 1 aromatic carbocycles. The van der Waals surface area contributed by atoms with Crippen LogP contribution >= 0.6 is 0 Å². The lowest BCUT2D eigenvalue weighted by atomic mass is 10.1. The third-order valence-electron chi connectivity index (χ3n) is 4.40. The van der Waals surface area contributed by atoms with Crippen LogP contribution in [0.4, 0.5) is 0 Å². The van der Waals surface area contributed by atoms with Crippen LogP contribution in [0.15, 0.2) is 29.8 Å². The molecule has 1 aliphatic heterocycles. The van der Waals surface area contributed by atoms with E-state index in [2.05, 4.69) is 0 Å². The minimum absolute atomic E-state index is 0.0460. The fraction of sp³-hybridized carbons (Fsp3) is 0.421. The van der Waals surface area contributed by atoms with Crippen molar-refractivity contribution in [2.75, 3.05) is 31.8 Å². The van der Waals surface area contributed by atoms with Gasteiger partial charge >= 0.3 is 5.97 Å². The second-order valence-corrected chi connectivity index (χ2v) is 8.48. The Balaban J connectivity index is 1.99. The van der Waals surface area contributed by atoms with Gasteiger partial charge in [0.1, 0.15) is 17.4 Å². The molecular weight excluding hydrogens is 384 g/mol. The Hall–Kier alpha value is -2.86. The lowest BCUT2D eigenvalue weighted by Gasteiger charge is -2.26. The number of carbonyl (C=O) groups excluding carboxylic acids is 2. The number of nitrogens with zero attached hydrogens (tertiary/aromatic N) is 2. The maximum Gasteiger partial charge on any atom is 0.349 e. The zero-order valence-electron chi connectivity index (χ0n) is 15.8. The number of carbonyl (C=O) groups is 2. The Kier molecular flexibility index (Phi) is 7.18. The maximum atomic E-state index is 12.4. The Morgan fingerprint density at radius 2 is 2.00 bits per heavy atom. The Morgan fingerprint density at radius 3 is 2.50 bits per heavy atom. The number of benzene rings is 1.